The van der Waals surface area contributed by atoms with Crippen molar-refractivity contribution in [2.75, 3.05) is 22.5 Å². The Morgan fingerprint density at radius 1 is 1.00 bits per heavy atom. The highest BCUT2D eigenvalue weighted by molar-refractivity contribution is 7.92. The third kappa shape index (κ3) is 6.48. The molecule has 3 aromatic carbocycles. The van der Waals surface area contributed by atoms with E-state index in [1.807, 2.05) is 32.0 Å². The number of carbonyl (C=O) groups excluding carboxylic acids is 1. The summed E-state index contributed by atoms with van der Waals surface area (Å²) in [7, 11) is -3.51. The normalized spacial score (nSPS) is 11.1. The van der Waals surface area contributed by atoms with Gasteiger partial charge in [0, 0.05) is 10.7 Å². The number of anilines is 2. The van der Waals surface area contributed by atoms with Gasteiger partial charge in [-0.25, -0.2) is 8.42 Å². The zero-order chi connectivity index (χ0) is 23.3. The summed E-state index contributed by atoms with van der Waals surface area (Å²) in [5.41, 5.74) is 4.07. The number of sulfonamides is 1. The number of nitrogens with zero attached hydrogens (tertiary/aromatic N) is 1. The summed E-state index contributed by atoms with van der Waals surface area (Å²) in [6.45, 7) is 3.90. The fourth-order valence-corrected chi connectivity index (χ4v) is 4.08. The maximum Gasteiger partial charge on any atom is 0.262 e. The summed E-state index contributed by atoms with van der Waals surface area (Å²) in [4.78, 5) is 12.3. The third-order valence-electron chi connectivity index (χ3n) is 4.80. The van der Waals surface area contributed by atoms with Crippen LogP contribution in [0, 0.1) is 13.8 Å². The van der Waals surface area contributed by atoms with E-state index in [-0.39, 0.29) is 19.1 Å². The molecule has 0 unspecified atom stereocenters. The molecule has 0 aliphatic rings. The van der Waals surface area contributed by atoms with Crippen molar-refractivity contribution in [2.24, 2.45) is 0 Å². The summed E-state index contributed by atoms with van der Waals surface area (Å²) >= 11 is 5.91. The second-order valence-corrected chi connectivity index (χ2v) is 9.89. The molecule has 6 nitrogen and oxygen atoms in total. The lowest BCUT2D eigenvalue weighted by molar-refractivity contribution is -0.118. The van der Waals surface area contributed by atoms with Crippen LogP contribution in [-0.4, -0.2) is 27.2 Å². The van der Waals surface area contributed by atoms with Crippen molar-refractivity contribution < 1.29 is 17.9 Å². The Hall–Kier alpha value is -3.03. The van der Waals surface area contributed by atoms with Gasteiger partial charge >= 0.3 is 0 Å². The van der Waals surface area contributed by atoms with Crippen LogP contribution in [0.4, 0.5) is 11.4 Å². The molecule has 0 heterocycles. The number of amides is 1. The van der Waals surface area contributed by atoms with E-state index in [0.29, 0.717) is 16.5 Å². The van der Waals surface area contributed by atoms with Gasteiger partial charge in [-0.3, -0.25) is 9.10 Å². The van der Waals surface area contributed by atoms with E-state index in [0.717, 1.165) is 28.6 Å². The Kier molecular flexibility index (Phi) is 7.43. The Balaban J connectivity index is 1.65. The maximum absolute atomic E-state index is 12.3. The van der Waals surface area contributed by atoms with Crippen LogP contribution in [0.2, 0.25) is 5.02 Å². The average Bonchev–Trinajstić information content (AvgIpc) is 2.74. The third-order valence-corrected chi connectivity index (χ3v) is 6.19. The van der Waals surface area contributed by atoms with Crippen molar-refractivity contribution in [3.05, 3.63) is 88.4 Å². The molecule has 168 valence electrons. The second kappa shape index (κ2) is 10.1. The van der Waals surface area contributed by atoms with Crippen LogP contribution in [0.3, 0.4) is 0 Å². The summed E-state index contributed by atoms with van der Waals surface area (Å²) in [5.74, 6) is 0.188. The molecule has 0 aromatic heterocycles. The number of benzene rings is 3. The molecule has 1 amide bonds. The molecule has 0 radical (unpaired) electrons. The Labute approximate surface area is 193 Å². The minimum atomic E-state index is -3.51. The highest BCUT2D eigenvalue weighted by atomic mass is 35.5. The van der Waals surface area contributed by atoms with Gasteiger partial charge in [-0.1, -0.05) is 35.9 Å². The van der Waals surface area contributed by atoms with Crippen molar-refractivity contribution >= 4 is 38.9 Å². The molecule has 8 heteroatoms. The van der Waals surface area contributed by atoms with E-state index in [4.69, 9.17) is 16.3 Å². The van der Waals surface area contributed by atoms with Crippen molar-refractivity contribution in [3.63, 3.8) is 0 Å². The number of halogens is 1. The van der Waals surface area contributed by atoms with Crippen LogP contribution >= 0.6 is 11.6 Å². The van der Waals surface area contributed by atoms with Crippen LogP contribution in [0.15, 0.2) is 66.7 Å². The second-order valence-electron chi connectivity index (χ2n) is 7.55. The van der Waals surface area contributed by atoms with E-state index in [1.165, 1.54) is 4.31 Å². The Morgan fingerprint density at radius 3 is 2.28 bits per heavy atom. The lowest BCUT2D eigenvalue weighted by Gasteiger charge is -2.23. The molecule has 32 heavy (non-hydrogen) atoms. The molecule has 0 saturated heterocycles. The van der Waals surface area contributed by atoms with Gasteiger partial charge in [-0.2, -0.15) is 0 Å². The lowest BCUT2D eigenvalue weighted by atomic mass is 10.1. The van der Waals surface area contributed by atoms with Crippen LogP contribution in [-0.2, 0) is 21.4 Å². The topological polar surface area (TPSA) is 75.7 Å². The smallest absolute Gasteiger partial charge is 0.262 e. The number of aryl methyl sites for hydroxylation is 2. The maximum atomic E-state index is 12.3. The van der Waals surface area contributed by atoms with E-state index >= 15 is 0 Å². The monoisotopic (exact) mass is 472 g/mol. The number of rotatable bonds is 8. The van der Waals surface area contributed by atoms with Crippen LogP contribution in [0.1, 0.15) is 16.7 Å². The molecule has 1 N–H and O–H groups in total. The highest BCUT2D eigenvalue weighted by Crippen LogP contribution is 2.24. The first-order chi connectivity index (χ1) is 15.1. The summed E-state index contributed by atoms with van der Waals surface area (Å²) < 4.78 is 31.6. The van der Waals surface area contributed by atoms with E-state index < -0.39 is 10.0 Å². The van der Waals surface area contributed by atoms with Crippen LogP contribution in [0.25, 0.3) is 0 Å². The first-order valence-electron chi connectivity index (χ1n) is 9.94. The summed E-state index contributed by atoms with van der Waals surface area (Å²) in [5, 5.41) is 3.43. The van der Waals surface area contributed by atoms with Crippen LogP contribution in [0.5, 0.6) is 5.75 Å². The lowest BCUT2D eigenvalue weighted by Crippen LogP contribution is -2.29. The summed E-state index contributed by atoms with van der Waals surface area (Å²) in [6, 6.07) is 19.4. The molecule has 3 rings (SSSR count). The van der Waals surface area contributed by atoms with E-state index in [9.17, 15) is 13.2 Å². The fraction of sp³-hybridized carbons (Fsp3) is 0.208. The minimum absolute atomic E-state index is 0.159. The van der Waals surface area contributed by atoms with Gasteiger partial charge in [-0.05, 0) is 73.0 Å². The molecule has 0 bridgehead atoms. The number of ether oxygens (including phenoxy) is 1. The predicted molar refractivity (Wildman–Crippen MR) is 129 cm³/mol. The Bertz CT molecular complexity index is 1190. The molecule has 0 fully saturated rings. The van der Waals surface area contributed by atoms with Crippen molar-refractivity contribution in [1.82, 2.24) is 0 Å². The quantitative estimate of drug-likeness (QED) is 0.503. The molecule has 0 spiro atoms. The zero-order valence-electron chi connectivity index (χ0n) is 18.1. The van der Waals surface area contributed by atoms with Gasteiger partial charge in [0.2, 0.25) is 10.0 Å². The molecule has 0 aliphatic heterocycles. The van der Waals surface area contributed by atoms with Crippen molar-refractivity contribution in [1.29, 1.82) is 0 Å². The molecular weight excluding hydrogens is 448 g/mol. The predicted octanol–water partition coefficient (Wildman–Crippen LogP) is 4.94. The number of carbonyl (C=O) groups is 1. The molecule has 0 saturated carbocycles. The molecule has 0 atom stereocenters. The number of hydrogen-bond donors (Lipinski definition) is 1. The summed E-state index contributed by atoms with van der Waals surface area (Å²) in [6.07, 6.45) is 1.16. The van der Waals surface area contributed by atoms with Gasteiger partial charge in [0.25, 0.3) is 5.91 Å². The van der Waals surface area contributed by atoms with Crippen molar-refractivity contribution in [2.45, 2.75) is 20.4 Å². The highest BCUT2D eigenvalue weighted by Gasteiger charge is 2.18. The van der Waals surface area contributed by atoms with E-state index in [2.05, 4.69) is 5.32 Å². The molecule has 3 aromatic rings. The Morgan fingerprint density at radius 2 is 1.66 bits per heavy atom. The molecule has 0 aliphatic carbocycles. The van der Waals surface area contributed by atoms with Crippen LogP contribution < -0.4 is 14.4 Å². The van der Waals surface area contributed by atoms with Gasteiger partial charge < -0.3 is 10.1 Å². The zero-order valence-corrected chi connectivity index (χ0v) is 19.7. The van der Waals surface area contributed by atoms with Crippen molar-refractivity contribution in [3.8, 4) is 5.75 Å². The first kappa shape index (κ1) is 23.6. The number of nitrogens with one attached hydrogen (secondary N) is 1. The van der Waals surface area contributed by atoms with Gasteiger partial charge in [0.05, 0.1) is 18.5 Å². The average molecular weight is 473 g/mol. The first-order valence-corrected chi connectivity index (χ1v) is 12.2. The van der Waals surface area contributed by atoms with Gasteiger partial charge in [0.1, 0.15) is 5.75 Å². The van der Waals surface area contributed by atoms with E-state index in [1.54, 1.807) is 48.5 Å². The number of hydrogen-bond acceptors (Lipinski definition) is 4. The van der Waals surface area contributed by atoms with Gasteiger partial charge in [-0.15, -0.1) is 0 Å². The fourth-order valence-electron chi connectivity index (χ4n) is 3.07. The SMILES string of the molecule is Cc1ccc(C)c(NC(=O)COc2ccc(N(Cc3ccc(Cl)cc3)S(C)(=O)=O)cc2)c1. The minimum Gasteiger partial charge on any atom is -0.484 e. The largest absolute Gasteiger partial charge is 0.484 e. The molecular formula is C24H25ClN2O4S. The van der Waals surface area contributed by atoms with Gasteiger partial charge in [0.15, 0.2) is 6.61 Å². The standard InChI is InChI=1S/C24H25ClN2O4S/c1-17-4-5-18(2)23(14-17)26-24(28)16-31-22-12-10-21(11-13-22)27(32(3,29)30)15-19-6-8-20(25)9-7-19/h4-14H,15-16H2,1-3H3,(H,26,28).